The molecular weight excluding hydrogens is 407 g/mol. The molecule has 1 saturated heterocycles. The number of halogens is 2. The van der Waals surface area contributed by atoms with Gasteiger partial charge < -0.3 is 5.32 Å². The van der Waals surface area contributed by atoms with Gasteiger partial charge in [-0.3, -0.25) is 4.79 Å². The average molecular weight is 427 g/mol. The number of anilines is 1. The summed E-state index contributed by atoms with van der Waals surface area (Å²) < 4.78 is 26.9. The molecule has 27 heavy (non-hydrogen) atoms. The zero-order valence-electron chi connectivity index (χ0n) is 14.8. The van der Waals surface area contributed by atoms with Crippen LogP contribution >= 0.6 is 23.2 Å². The average Bonchev–Trinajstić information content (AvgIpc) is 2.64. The molecule has 2 aromatic rings. The largest absolute Gasteiger partial charge is 0.325 e. The van der Waals surface area contributed by atoms with Crippen molar-refractivity contribution in [2.24, 2.45) is 5.92 Å². The van der Waals surface area contributed by atoms with Crippen LogP contribution in [0.1, 0.15) is 18.4 Å². The lowest BCUT2D eigenvalue weighted by Crippen LogP contribution is -2.41. The van der Waals surface area contributed by atoms with Gasteiger partial charge in [0.25, 0.3) is 0 Å². The number of sulfonamides is 1. The number of amides is 1. The molecule has 5 nitrogen and oxygen atoms in total. The number of rotatable bonds is 4. The van der Waals surface area contributed by atoms with Crippen LogP contribution in [0.4, 0.5) is 5.69 Å². The van der Waals surface area contributed by atoms with Gasteiger partial charge in [0, 0.05) is 24.0 Å². The first kappa shape index (κ1) is 20.1. The smallest absolute Gasteiger partial charge is 0.243 e. The van der Waals surface area contributed by atoms with Crippen molar-refractivity contribution < 1.29 is 13.2 Å². The van der Waals surface area contributed by atoms with Crippen molar-refractivity contribution in [3.8, 4) is 0 Å². The minimum absolute atomic E-state index is 0.161. The molecule has 1 aliphatic heterocycles. The Hall–Kier alpha value is -1.60. The van der Waals surface area contributed by atoms with Gasteiger partial charge in [0.1, 0.15) is 0 Å². The summed E-state index contributed by atoms with van der Waals surface area (Å²) in [5, 5.41) is 3.66. The SMILES string of the molecule is Cc1ccc(S(=O)(=O)N2CCC(C(=O)Nc3ccc(Cl)cc3Cl)CC2)cc1. The highest BCUT2D eigenvalue weighted by molar-refractivity contribution is 7.89. The number of carbonyl (C=O) groups excluding carboxylic acids is 1. The van der Waals surface area contributed by atoms with E-state index in [1.165, 1.54) is 4.31 Å². The van der Waals surface area contributed by atoms with Crippen LogP contribution in [0.15, 0.2) is 47.4 Å². The Kier molecular flexibility index (Phi) is 6.11. The summed E-state index contributed by atoms with van der Waals surface area (Å²) in [5.74, 6) is -0.423. The van der Waals surface area contributed by atoms with Crippen LogP contribution < -0.4 is 5.32 Å². The Morgan fingerprint density at radius 3 is 2.30 bits per heavy atom. The van der Waals surface area contributed by atoms with Gasteiger partial charge in [0.15, 0.2) is 0 Å². The van der Waals surface area contributed by atoms with Gasteiger partial charge in [0.05, 0.1) is 15.6 Å². The van der Waals surface area contributed by atoms with Gasteiger partial charge in [-0.1, -0.05) is 40.9 Å². The first-order valence-corrected chi connectivity index (χ1v) is 10.8. The van der Waals surface area contributed by atoms with E-state index in [1.54, 1.807) is 42.5 Å². The van der Waals surface area contributed by atoms with E-state index in [0.717, 1.165) is 5.56 Å². The molecule has 1 amide bonds. The van der Waals surface area contributed by atoms with Crippen molar-refractivity contribution in [1.29, 1.82) is 0 Å². The number of hydrogen-bond donors (Lipinski definition) is 1. The highest BCUT2D eigenvalue weighted by Gasteiger charge is 2.32. The summed E-state index contributed by atoms with van der Waals surface area (Å²) in [7, 11) is -3.53. The number of carbonyl (C=O) groups is 1. The summed E-state index contributed by atoms with van der Waals surface area (Å²) in [5.41, 5.74) is 1.51. The molecule has 1 aliphatic rings. The minimum atomic E-state index is -3.53. The molecule has 0 unspecified atom stereocenters. The first-order valence-electron chi connectivity index (χ1n) is 8.60. The number of piperidine rings is 1. The van der Waals surface area contributed by atoms with Gasteiger partial charge in [-0.25, -0.2) is 8.42 Å². The third-order valence-corrected chi connectivity index (χ3v) is 7.13. The zero-order valence-corrected chi connectivity index (χ0v) is 17.1. The van der Waals surface area contributed by atoms with Crippen molar-refractivity contribution in [1.82, 2.24) is 4.31 Å². The van der Waals surface area contributed by atoms with E-state index in [4.69, 9.17) is 23.2 Å². The second-order valence-electron chi connectivity index (χ2n) is 6.60. The number of aryl methyl sites for hydroxylation is 1. The molecule has 0 atom stereocenters. The topological polar surface area (TPSA) is 66.5 Å². The maximum atomic E-state index is 12.7. The Morgan fingerprint density at radius 2 is 1.70 bits per heavy atom. The lowest BCUT2D eigenvalue weighted by molar-refractivity contribution is -0.120. The zero-order chi connectivity index (χ0) is 19.6. The molecule has 1 fully saturated rings. The molecule has 0 radical (unpaired) electrons. The summed E-state index contributed by atoms with van der Waals surface area (Å²) >= 11 is 11.9. The number of nitrogens with one attached hydrogen (secondary N) is 1. The molecule has 2 aromatic carbocycles. The van der Waals surface area contributed by atoms with E-state index in [9.17, 15) is 13.2 Å². The van der Waals surface area contributed by atoms with E-state index in [2.05, 4.69) is 5.32 Å². The number of hydrogen-bond acceptors (Lipinski definition) is 3. The maximum Gasteiger partial charge on any atom is 0.243 e. The normalized spacial score (nSPS) is 16.3. The van der Waals surface area contributed by atoms with Gasteiger partial charge in [-0.2, -0.15) is 4.31 Å². The van der Waals surface area contributed by atoms with Crippen molar-refractivity contribution in [2.75, 3.05) is 18.4 Å². The lowest BCUT2D eigenvalue weighted by atomic mass is 9.97. The molecule has 0 saturated carbocycles. The van der Waals surface area contributed by atoms with E-state index in [1.807, 2.05) is 6.92 Å². The van der Waals surface area contributed by atoms with Crippen molar-refractivity contribution in [2.45, 2.75) is 24.7 Å². The van der Waals surface area contributed by atoms with E-state index < -0.39 is 10.0 Å². The Balaban J connectivity index is 1.62. The fourth-order valence-electron chi connectivity index (χ4n) is 3.04. The molecule has 3 rings (SSSR count). The molecule has 144 valence electrons. The van der Waals surface area contributed by atoms with Crippen LogP contribution in [0.5, 0.6) is 0 Å². The van der Waals surface area contributed by atoms with Crippen LogP contribution in [-0.4, -0.2) is 31.7 Å². The third-order valence-electron chi connectivity index (χ3n) is 4.67. The van der Waals surface area contributed by atoms with Gasteiger partial charge >= 0.3 is 0 Å². The second kappa shape index (κ2) is 8.19. The standard InChI is InChI=1S/C19H20Cl2N2O3S/c1-13-2-5-16(6-3-13)27(25,26)23-10-8-14(9-11-23)19(24)22-18-7-4-15(20)12-17(18)21/h2-7,12,14H,8-11H2,1H3,(H,22,24). The Bertz CT molecular complexity index is 938. The molecule has 0 aliphatic carbocycles. The Labute approximate surface area is 169 Å². The quantitative estimate of drug-likeness (QED) is 0.790. The first-order chi connectivity index (χ1) is 12.8. The predicted molar refractivity (Wildman–Crippen MR) is 108 cm³/mol. The van der Waals surface area contributed by atoms with Crippen molar-refractivity contribution in [3.63, 3.8) is 0 Å². The van der Waals surface area contributed by atoms with Crippen LogP contribution in [0.25, 0.3) is 0 Å². The summed E-state index contributed by atoms with van der Waals surface area (Å²) in [6, 6.07) is 11.7. The molecule has 0 bridgehead atoms. The van der Waals surface area contributed by atoms with Crippen LogP contribution in [-0.2, 0) is 14.8 Å². The fraction of sp³-hybridized carbons (Fsp3) is 0.316. The fourth-order valence-corrected chi connectivity index (χ4v) is 4.97. The van der Waals surface area contributed by atoms with Crippen LogP contribution in [0, 0.1) is 12.8 Å². The van der Waals surface area contributed by atoms with E-state index in [0.29, 0.717) is 41.7 Å². The van der Waals surface area contributed by atoms with Gasteiger partial charge in [-0.15, -0.1) is 0 Å². The molecule has 8 heteroatoms. The number of nitrogens with zero attached hydrogens (tertiary/aromatic N) is 1. The van der Waals surface area contributed by atoms with Gasteiger partial charge in [-0.05, 0) is 50.1 Å². The van der Waals surface area contributed by atoms with Crippen LogP contribution in [0.2, 0.25) is 10.0 Å². The molecular formula is C19H20Cl2N2O3S. The molecule has 1 heterocycles. The van der Waals surface area contributed by atoms with E-state index in [-0.39, 0.29) is 16.7 Å². The second-order valence-corrected chi connectivity index (χ2v) is 9.39. The monoisotopic (exact) mass is 426 g/mol. The summed E-state index contributed by atoms with van der Waals surface area (Å²) in [6.07, 6.45) is 0.921. The highest BCUT2D eigenvalue weighted by Crippen LogP contribution is 2.28. The molecule has 0 spiro atoms. The third kappa shape index (κ3) is 4.63. The lowest BCUT2D eigenvalue weighted by Gasteiger charge is -2.30. The highest BCUT2D eigenvalue weighted by atomic mass is 35.5. The van der Waals surface area contributed by atoms with E-state index >= 15 is 0 Å². The van der Waals surface area contributed by atoms with Crippen LogP contribution in [0.3, 0.4) is 0 Å². The number of benzene rings is 2. The maximum absolute atomic E-state index is 12.7. The molecule has 0 aromatic heterocycles. The van der Waals surface area contributed by atoms with Crippen molar-refractivity contribution >= 4 is 44.8 Å². The predicted octanol–water partition coefficient (Wildman–Crippen LogP) is 4.34. The van der Waals surface area contributed by atoms with Crippen molar-refractivity contribution in [3.05, 3.63) is 58.1 Å². The summed E-state index contributed by atoms with van der Waals surface area (Å²) in [4.78, 5) is 12.8. The Morgan fingerprint density at radius 1 is 1.07 bits per heavy atom. The molecule has 1 N–H and O–H groups in total. The summed E-state index contributed by atoms with van der Waals surface area (Å²) in [6.45, 7) is 2.53. The minimum Gasteiger partial charge on any atom is -0.325 e. The van der Waals surface area contributed by atoms with Gasteiger partial charge in [0.2, 0.25) is 15.9 Å².